The van der Waals surface area contributed by atoms with E-state index in [1.807, 2.05) is 6.92 Å². The van der Waals surface area contributed by atoms with Crippen molar-refractivity contribution >= 4 is 5.97 Å². The quantitative estimate of drug-likeness (QED) is 0.860. The topological polar surface area (TPSA) is 49.3 Å². The van der Waals surface area contributed by atoms with E-state index in [2.05, 4.69) is 5.32 Å². The molecule has 0 saturated heterocycles. The van der Waals surface area contributed by atoms with Gasteiger partial charge in [-0.05, 0) is 49.4 Å². The van der Waals surface area contributed by atoms with E-state index < -0.39 is 11.5 Å². The third kappa shape index (κ3) is 2.78. The molecule has 1 aliphatic rings. The molecular weight excluding hydrogens is 245 g/mol. The second-order valence-electron chi connectivity index (χ2n) is 5.47. The van der Waals surface area contributed by atoms with E-state index in [0.29, 0.717) is 6.42 Å². The van der Waals surface area contributed by atoms with Crippen molar-refractivity contribution in [2.45, 2.75) is 51.1 Å². The van der Waals surface area contributed by atoms with Gasteiger partial charge >= 0.3 is 5.97 Å². The van der Waals surface area contributed by atoms with Crippen LogP contribution in [0.5, 0.6) is 0 Å². The highest BCUT2D eigenvalue weighted by atomic mass is 19.1. The van der Waals surface area contributed by atoms with E-state index >= 15 is 0 Å². The summed E-state index contributed by atoms with van der Waals surface area (Å²) in [7, 11) is 0. The van der Waals surface area contributed by atoms with Crippen LogP contribution in [0.25, 0.3) is 0 Å². The zero-order valence-electron chi connectivity index (χ0n) is 11.4. The number of halogens is 1. The maximum absolute atomic E-state index is 13.2. The highest BCUT2D eigenvalue weighted by molar-refractivity contribution is 5.78. The molecule has 4 heteroatoms. The number of nitrogens with one attached hydrogen (secondary N) is 1. The molecule has 2 rings (SSSR count). The normalized spacial score (nSPS) is 20.9. The third-order valence-electron chi connectivity index (χ3n) is 3.90. The molecule has 1 aliphatic carbocycles. The second-order valence-corrected chi connectivity index (χ2v) is 5.47. The number of carboxylic acids is 1. The lowest BCUT2D eigenvalue weighted by molar-refractivity contribution is -0.144. The number of aliphatic carboxylic acids is 1. The Bertz CT molecular complexity index is 489. The Hall–Kier alpha value is -1.42. The maximum Gasteiger partial charge on any atom is 0.323 e. The molecule has 0 aromatic heterocycles. The van der Waals surface area contributed by atoms with E-state index in [0.717, 1.165) is 30.4 Å². The van der Waals surface area contributed by atoms with Crippen LogP contribution >= 0.6 is 0 Å². The summed E-state index contributed by atoms with van der Waals surface area (Å²) in [6, 6.07) is 4.76. The molecular formula is C15H20FNO2. The van der Waals surface area contributed by atoms with Gasteiger partial charge in [0, 0.05) is 6.04 Å². The van der Waals surface area contributed by atoms with Crippen LogP contribution in [-0.2, 0) is 11.2 Å². The van der Waals surface area contributed by atoms with Crippen molar-refractivity contribution in [1.82, 2.24) is 5.32 Å². The lowest BCUT2D eigenvalue weighted by Gasteiger charge is -2.30. The van der Waals surface area contributed by atoms with Crippen LogP contribution in [0.1, 0.15) is 50.3 Å². The molecule has 0 bridgehead atoms. The van der Waals surface area contributed by atoms with Gasteiger partial charge in [-0.1, -0.05) is 19.4 Å². The summed E-state index contributed by atoms with van der Waals surface area (Å²) >= 11 is 0. The SMILES string of the molecule is CCCC(C)(NC1CCc2cc(F)ccc21)C(=O)O. The van der Waals surface area contributed by atoms with Crippen LogP contribution in [0.4, 0.5) is 4.39 Å². The molecule has 104 valence electrons. The lowest BCUT2D eigenvalue weighted by atomic mass is 9.94. The first-order valence-corrected chi connectivity index (χ1v) is 6.75. The molecule has 1 aromatic rings. The zero-order chi connectivity index (χ0) is 14.0. The van der Waals surface area contributed by atoms with Gasteiger partial charge in [0.15, 0.2) is 0 Å². The smallest absolute Gasteiger partial charge is 0.323 e. The van der Waals surface area contributed by atoms with Gasteiger partial charge in [-0.3, -0.25) is 10.1 Å². The van der Waals surface area contributed by atoms with Gasteiger partial charge in [0.2, 0.25) is 0 Å². The average Bonchev–Trinajstić information content (AvgIpc) is 2.71. The molecule has 0 radical (unpaired) electrons. The molecule has 0 spiro atoms. The van der Waals surface area contributed by atoms with Gasteiger partial charge in [0.25, 0.3) is 0 Å². The largest absolute Gasteiger partial charge is 0.480 e. The molecule has 3 nitrogen and oxygen atoms in total. The monoisotopic (exact) mass is 265 g/mol. The fourth-order valence-corrected chi connectivity index (χ4v) is 2.86. The summed E-state index contributed by atoms with van der Waals surface area (Å²) in [5.74, 6) is -1.06. The molecule has 0 saturated carbocycles. The van der Waals surface area contributed by atoms with Gasteiger partial charge < -0.3 is 5.11 Å². The third-order valence-corrected chi connectivity index (χ3v) is 3.90. The molecule has 19 heavy (non-hydrogen) atoms. The Morgan fingerprint density at radius 1 is 1.58 bits per heavy atom. The molecule has 2 atom stereocenters. The Kier molecular flexibility index (Phi) is 3.90. The Morgan fingerprint density at radius 2 is 2.32 bits per heavy atom. The molecule has 0 amide bonds. The van der Waals surface area contributed by atoms with Crippen molar-refractivity contribution in [2.24, 2.45) is 0 Å². The van der Waals surface area contributed by atoms with Crippen molar-refractivity contribution in [2.75, 3.05) is 0 Å². The second kappa shape index (κ2) is 5.29. The fourth-order valence-electron chi connectivity index (χ4n) is 2.86. The summed E-state index contributed by atoms with van der Waals surface area (Å²) in [4.78, 5) is 11.4. The van der Waals surface area contributed by atoms with Crippen LogP contribution in [0.2, 0.25) is 0 Å². The van der Waals surface area contributed by atoms with Crippen molar-refractivity contribution < 1.29 is 14.3 Å². The van der Waals surface area contributed by atoms with Crippen LogP contribution < -0.4 is 5.32 Å². The predicted molar refractivity (Wildman–Crippen MR) is 71.5 cm³/mol. The first-order valence-electron chi connectivity index (χ1n) is 6.75. The predicted octanol–water partition coefficient (Wildman–Crippen LogP) is 3.05. The Morgan fingerprint density at radius 3 is 2.95 bits per heavy atom. The van der Waals surface area contributed by atoms with Gasteiger partial charge in [-0.2, -0.15) is 0 Å². The van der Waals surface area contributed by atoms with Crippen LogP contribution in [0, 0.1) is 5.82 Å². The molecule has 1 aromatic carbocycles. The molecule has 2 unspecified atom stereocenters. The molecule has 2 N–H and O–H groups in total. The van der Waals surface area contributed by atoms with Gasteiger partial charge in [0.05, 0.1) is 0 Å². The fraction of sp³-hybridized carbons (Fsp3) is 0.533. The summed E-state index contributed by atoms with van der Waals surface area (Å²) in [5, 5.41) is 12.6. The van der Waals surface area contributed by atoms with E-state index in [1.54, 1.807) is 19.1 Å². The van der Waals surface area contributed by atoms with Crippen molar-refractivity contribution in [3.05, 3.63) is 35.1 Å². The number of aryl methyl sites for hydroxylation is 1. The number of fused-ring (bicyclic) bond motifs is 1. The van der Waals surface area contributed by atoms with E-state index in [9.17, 15) is 14.3 Å². The van der Waals surface area contributed by atoms with Crippen LogP contribution in [0.3, 0.4) is 0 Å². The van der Waals surface area contributed by atoms with Crippen molar-refractivity contribution in [1.29, 1.82) is 0 Å². The minimum Gasteiger partial charge on any atom is -0.480 e. The number of benzene rings is 1. The van der Waals surface area contributed by atoms with Gasteiger partial charge in [-0.25, -0.2) is 4.39 Å². The number of carbonyl (C=O) groups is 1. The van der Waals surface area contributed by atoms with Crippen LogP contribution in [0.15, 0.2) is 18.2 Å². The molecule has 0 fully saturated rings. The minimum atomic E-state index is -0.921. The van der Waals surface area contributed by atoms with Crippen molar-refractivity contribution in [3.8, 4) is 0 Å². The van der Waals surface area contributed by atoms with Gasteiger partial charge in [-0.15, -0.1) is 0 Å². The number of rotatable bonds is 5. The number of hydrogen-bond acceptors (Lipinski definition) is 2. The highest BCUT2D eigenvalue weighted by Gasteiger charge is 2.36. The summed E-state index contributed by atoms with van der Waals surface area (Å²) in [6.07, 6.45) is 3.01. The molecule has 0 aliphatic heterocycles. The number of carboxylic acid groups (broad SMARTS) is 1. The standard InChI is InChI=1S/C15H20FNO2/c1-3-8-15(2,14(18)19)17-13-7-4-10-9-11(16)5-6-12(10)13/h5-6,9,13,17H,3-4,7-8H2,1-2H3,(H,18,19). The van der Waals surface area contributed by atoms with Crippen molar-refractivity contribution in [3.63, 3.8) is 0 Å². The van der Waals surface area contributed by atoms with E-state index in [-0.39, 0.29) is 11.9 Å². The summed E-state index contributed by atoms with van der Waals surface area (Å²) in [5.41, 5.74) is 1.10. The lowest BCUT2D eigenvalue weighted by Crippen LogP contribution is -2.50. The Labute approximate surface area is 112 Å². The zero-order valence-corrected chi connectivity index (χ0v) is 11.4. The minimum absolute atomic E-state index is 0.00301. The summed E-state index contributed by atoms with van der Waals surface area (Å²) < 4.78 is 13.2. The van der Waals surface area contributed by atoms with Gasteiger partial charge in [0.1, 0.15) is 11.4 Å². The van der Waals surface area contributed by atoms with E-state index in [1.165, 1.54) is 6.07 Å². The van der Waals surface area contributed by atoms with E-state index in [4.69, 9.17) is 0 Å². The van der Waals surface area contributed by atoms with Crippen LogP contribution in [-0.4, -0.2) is 16.6 Å². The highest BCUT2D eigenvalue weighted by Crippen LogP contribution is 2.33. The summed E-state index contributed by atoms with van der Waals surface area (Å²) in [6.45, 7) is 3.70. The average molecular weight is 265 g/mol. The number of hydrogen-bond donors (Lipinski definition) is 2. The Balaban J connectivity index is 2.20. The first kappa shape index (κ1) is 14.0. The first-order chi connectivity index (χ1) is 8.96. The maximum atomic E-state index is 13.2. The molecule has 0 heterocycles.